The van der Waals surface area contributed by atoms with E-state index in [1.54, 1.807) is 41.3 Å². The summed E-state index contributed by atoms with van der Waals surface area (Å²) >= 11 is 1.31. The number of hydrogen-bond donors (Lipinski definition) is 0. The Morgan fingerprint density at radius 3 is 2.51 bits per heavy atom. The van der Waals surface area contributed by atoms with Gasteiger partial charge in [-0.25, -0.2) is 13.4 Å². The number of carbonyl (C=O) groups is 1. The zero-order valence-electron chi connectivity index (χ0n) is 20.4. The van der Waals surface area contributed by atoms with Crippen molar-refractivity contribution in [2.45, 2.75) is 4.90 Å². The number of aromatic nitrogens is 1. The Morgan fingerprint density at radius 2 is 1.76 bits per heavy atom. The second-order valence-corrected chi connectivity index (χ2v) is 11.7. The fraction of sp³-hybridized carbons (Fsp3) is 0.259. The monoisotopic (exact) mass is 537 g/mol. The Balaban J connectivity index is 1.48. The summed E-state index contributed by atoms with van der Waals surface area (Å²) in [6.45, 7) is 3.94. The van der Waals surface area contributed by atoms with E-state index in [1.807, 2.05) is 36.4 Å². The van der Waals surface area contributed by atoms with Crippen molar-refractivity contribution in [2.75, 3.05) is 50.5 Å². The number of sulfone groups is 1. The van der Waals surface area contributed by atoms with Gasteiger partial charge in [0.2, 0.25) is 0 Å². The highest BCUT2D eigenvalue weighted by atomic mass is 32.2. The summed E-state index contributed by atoms with van der Waals surface area (Å²) in [6, 6.07) is 21.5. The van der Waals surface area contributed by atoms with Gasteiger partial charge in [-0.3, -0.25) is 14.6 Å². The lowest BCUT2D eigenvalue weighted by atomic mass is 10.2. The standard InChI is InChI=1S/C27H27N3O5S2/c1-37(32,33)24-12-6-11-23-25(24)28-27(36-23)30(14-13-29-15-17-34-18-16-29)26(31)20-7-5-10-22(19-20)35-21-8-3-2-4-9-21/h2-12,19H,13-18H2,1H3. The zero-order chi connectivity index (χ0) is 25.8. The number of fused-ring (bicyclic) bond motifs is 1. The quantitative estimate of drug-likeness (QED) is 0.328. The molecule has 0 N–H and O–H groups in total. The number of anilines is 1. The third-order valence-electron chi connectivity index (χ3n) is 6.05. The molecular weight excluding hydrogens is 510 g/mol. The van der Waals surface area contributed by atoms with Gasteiger partial charge in [-0.15, -0.1) is 0 Å². The lowest BCUT2D eigenvalue weighted by molar-refractivity contribution is 0.0391. The molecule has 2 heterocycles. The molecule has 1 aromatic heterocycles. The first-order valence-corrected chi connectivity index (χ1v) is 14.6. The zero-order valence-corrected chi connectivity index (χ0v) is 22.0. The molecule has 0 radical (unpaired) electrons. The van der Waals surface area contributed by atoms with Gasteiger partial charge in [0.05, 0.1) is 22.8 Å². The Morgan fingerprint density at radius 1 is 1.03 bits per heavy atom. The third kappa shape index (κ3) is 5.99. The molecule has 10 heteroatoms. The molecule has 4 aromatic rings. The molecule has 1 aliphatic rings. The normalized spacial score (nSPS) is 14.5. The van der Waals surface area contributed by atoms with E-state index in [-0.39, 0.29) is 10.8 Å². The van der Waals surface area contributed by atoms with Gasteiger partial charge in [0, 0.05) is 38.0 Å². The number of carbonyl (C=O) groups excluding carboxylic acids is 1. The Hall–Kier alpha value is -3.31. The van der Waals surface area contributed by atoms with E-state index >= 15 is 0 Å². The van der Waals surface area contributed by atoms with E-state index in [0.29, 0.717) is 58.7 Å². The number of rotatable bonds is 8. The number of benzene rings is 3. The fourth-order valence-electron chi connectivity index (χ4n) is 4.15. The van der Waals surface area contributed by atoms with Crippen LogP contribution in [-0.2, 0) is 14.6 Å². The molecule has 1 saturated heterocycles. The van der Waals surface area contributed by atoms with Crippen LogP contribution in [-0.4, -0.2) is 69.9 Å². The molecule has 37 heavy (non-hydrogen) atoms. The SMILES string of the molecule is CS(=O)(=O)c1cccc2sc(N(CCN3CCOCC3)C(=O)c3cccc(Oc4ccccc4)c3)nc12. The van der Waals surface area contributed by atoms with Crippen LogP contribution in [0.5, 0.6) is 11.5 Å². The van der Waals surface area contributed by atoms with Gasteiger partial charge in [-0.1, -0.05) is 41.7 Å². The number of morpholine rings is 1. The number of hydrogen-bond acceptors (Lipinski definition) is 8. The molecule has 1 aliphatic heterocycles. The number of ether oxygens (including phenoxy) is 2. The minimum atomic E-state index is -3.48. The number of thiazole rings is 1. The van der Waals surface area contributed by atoms with Gasteiger partial charge >= 0.3 is 0 Å². The molecule has 192 valence electrons. The molecule has 0 atom stereocenters. The van der Waals surface area contributed by atoms with Gasteiger partial charge in [-0.05, 0) is 42.5 Å². The maximum atomic E-state index is 13.9. The molecule has 1 fully saturated rings. The Labute approximate surface area is 220 Å². The molecule has 0 bridgehead atoms. The van der Waals surface area contributed by atoms with Gasteiger partial charge in [-0.2, -0.15) is 0 Å². The molecule has 0 unspecified atom stereocenters. The van der Waals surface area contributed by atoms with E-state index < -0.39 is 9.84 Å². The van der Waals surface area contributed by atoms with Crippen molar-refractivity contribution in [3.63, 3.8) is 0 Å². The number of amides is 1. The van der Waals surface area contributed by atoms with Crippen LogP contribution >= 0.6 is 11.3 Å². The Bertz CT molecular complexity index is 1500. The summed E-state index contributed by atoms with van der Waals surface area (Å²) in [5.74, 6) is 0.997. The summed E-state index contributed by atoms with van der Waals surface area (Å²) in [5.41, 5.74) is 0.841. The van der Waals surface area contributed by atoms with E-state index in [4.69, 9.17) is 9.47 Å². The summed E-state index contributed by atoms with van der Waals surface area (Å²) in [4.78, 5) is 22.5. The first kappa shape index (κ1) is 25.3. The van der Waals surface area contributed by atoms with Crippen LogP contribution in [0, 0.1) is 0 Å². The van der Waals surface area contributed by atoms with Crippen LogP contribution in [0.1, 0.15) is 10.4 Å². The van der Waals surface area contributed by atoms with Gasteiger partial charge in [0.15, 0.2) is 15.0 Å². The molecule has 0 aliphatic carbocycles. The summed E-state index contributed by atoms with van der Waals surface area (Å²) < 4.78 is 36.8. The predicted molar refractivity (Wildman–Crippen MR) is 145 cm³/mol. The van der Waals surface area contributed by atoms with Crippen LogP contribution in [0.15, 0.2) is 77.7 Å². The number of para-hydroxylation sites is 2. The smallest absolute Gasteiger partial charge is 0.260 e. The minimum Gasteiger partial charge on any atom is -0.457 e. The van der Waals surface area contributed by atoms with Crippen LogP contribution in [0.4, 0.5) is 5.13 Å². The highest BCUT2D eigenvalue weighted by Gasteiger charge is 2.25. The molecule has 0 spiro atoms. The topological polar surface area (TPSA) is 89.0 Å². The van der Waals surface area contributed by atoms with Crippen molar-refractivity contribution < 1.29 is 22.7 Å². The van der Waals surface area contributed by atoms with Crippen molar-refractivity contribution in [2.24, 2.45) is 0 Å². The lowest BCUT2D eigenvalue weighted by Gasteiger charge is -2.29. The summed E-state index contributed by atoms with van der Waals surface area (Å²) in [5, 5.41) is 0.457. The van der Waals surface area contributed by atoms with Crippen molar-refractivity contribution >= 4 is 42.4 Å². The largest absolute Gasteiger partial charge is 0.457 e. The minimum absolute atomic E-state index is 0.159. The average molecular weight is 538 g/mol. The van der Waals surface area contributed by atoms with Crippen LogP contribution in [0.3, 0.4) is 0 Å². The molecule has 8 nitrogen and oxygen atoms in total. The molecule has 1 amide bonds. The second-order valence-electron chi connectivity index (χ2n) is 8.73. The maximum Gasteiger partial charge on any atom is 0.260 e. The third-order valence-corrected chi connectivity index (χ3v) is 8.22. The highest BCUT2D eigenvalue weighted by Crippen LogP contribution is 2.33. The number of nitrogens with zero attached hydrogens (tertiary/aromatic N) is 3. The van der Waals surface area contributed by atoms with Crippen molar-refractivity contribution in [3.8, 4) is 11.5 Å². The second kappa shape index (κ2) is 11.0. The van der Waals surface area contributed by atoms with Crippen molar-refractivity contribution in [3.05, 3.63) is 78.4 Å². The fourth-order valence-corrected chi connectivity index (χ4v) is 6.06. The van der Waals surface area contributed by atoms with Crippen molar-refractivity contribution in [1.82, 2.24) is 9.88 Å². The molecule has 5 rings (SSSR count). The van der Waals surface area contributed by atoms with Gasteiger partial charge in [0.25, 0.3) is 5.91 Å². The van der Waals surface area contributed by atoms with Gasteiger partial charge < -0.3 is 9.47 Å². The van der Waals surface area contributed by atoms with E-state index in [1.165, 1.54) is 17.6 Å². The van der Waals surface area contributed by atoms with E-state index in [0.717, 1.165) is 13.1 Å². The summed E-state index contributed by atoms with van der Waals surface area (Å²) in [7, 11) is -3.48. The van der Waals surface area contributed by atoms with Gasteiger partial charge in [0.1, 0.15) is 17.0 Å². The lowest BCUT2D eigenvalue weighted by Crippen LogP contribution is -2.43. The summed E-state index contributed by atoms with van der Waals surface area (Å²) in [6.07, 6.45) is 1.17. The first-order chi connectivity index (χ1) is 17.9. The van der Waals surface area contributed by atoms with Crippen LogP contribution in [0.2, 0.25) is 0 Å². The Kier molecular flexibility index (Phi) is 7.52. The van der Waals surface area contributed by atoms with E-state index in [2.05, 4.69) is 9.88 Å². The average Bonchev–Trinajstić information content (AvgIpc) is 3.33. The van der Waals surface area contributed by atoms with Crippen molar-refractivity contribution in [1.29, 1.82) is 0 Å². The predicted octanol–water partition coefficient (Wildman–Crippen LogP) is 4.47. The maximum absolute atomic E-state index is 13.9. The molecule has 0 saturated carbocycles. The highest BCUT2D eigenvalue weighted by molar-refractivity contribution is 7.91. The molecular formula is C27H27N3O5S2. The van der Waals surface area contributed by atoms with E-state index in [9.17, 15) is 13.2 Å². The first-order valence-electron chi connectivity index (χ1n) is 11.9. The van der Waals surface area contributed by atoms with Crippen LogP contribution in [0.25, 0.3) is 10.2 Å². The molecule has 3 aromatic carbocycles. The van der Waals surface area contributed by atoms with Crippen LogP contribution < -0.4 is 9.64 Å².